The second-order valence-electron chi connectivity index (χ2n) is 8.67. The summed E-state index contributed by atoms with van der Waals surface area (Å²) in [6.45, 7) is 0.485. The van der Waals surface area contributed by atoms with Gasteiger partial charge in [0.15, 0.2) is 0 Å². The number of fused-ring (bicyclic) bond motifs is 1. The van der Waals surface area contributed by atoms with E-state index in [2.05, 4.69) is 15.6 Å². The lowest BCUT2D eigenvalue weighted by molar-refractivity contribution is -0.126. The van der Waals surface area contributed by atoms with Crippen LogP contribution < -0.4 is 10.6 Å². The molecule has 1 aliphatic carbocycles. The lowest BCUT2D eigenvalue weighted by atomic mass is 9.70. The van der Waals surface area contributed by atoms with Crippen LogP contribution in [0, 0.1) is 23.4 Å². The van der Waals surface area contributed by atoms with Crippen molar-refractivity contribution in [1.29, 1.82) is 0 Å². The molecule has 0 radical (unpaired) electrons. The summed E-state index contributed by atoms with van der Waals surface area (Å²) in [4.78, 5) is 26.6. The van der Waals surface area contributed by atoms with Crippen LogP contribution >= 0.6 is 0 Å². The number of halogens is 3. The summed E-state index contributed by atoms with van der Waals surface area (Å²) in [5.41, 5.74) is 2.40. The molecule has 1 aliphatic heterocycles. The average molecular weight is 441 g/mol. The molecule has 2 heterocycles. The zero-order valence-electron chi connectivity index (χ0n) is 17.2. The fourth-order valence-corrected chi connectivity index (χ4v) is 4.83. The maximum atomic E-state index is 14.5. The van der Waals surface area contributed by atoms with E-state index in [4.69, 9.17) is 0 Å². The number of hydrogen-bond acceptors (Lipinski definition) is 2. The van der Waals surface area contributed by atoms with E-state index in [-0.39, 0.29) is 35.0 Å². The molecule has 1 saturated carbocycles. The molecule has 2 amide bonds. The van der Waals surface area contributed by atoms with E-state index in [0.717, 1.165) is 24.5 Å². The molecule has 1 saturated heterocycles. The monoisotopic (exact) mass is 441 g/mol. The third-order valence-corrected chi connectivity index (χ3v) is 6.52. The largest absolute Gasteiger partial charge is 0.354 e. The quantitative estimate of drug-likeness (QED) is 0.557. The average Bonchev–Trinajstić information content (AvgIpc) is 3.32. The second-order valence-corrected chi connectivity index (χ2v) is 8.67. The van der Waals surface area contributed by atoms with Gasteiger partial charge in [0, 0.05) is 24.4 Å². The molecule has 5 nitrogen and oxygen atoms in total. The van der Waals surface area contributed by atoms with E-state index in [0.29, 0.717) is 36.0 Å². The smallest absolute Gasteiger partial charge is 0.242 e. The van der Waals surface area contributed by atoms with Crippen molar-refractivity contribution in [1.82, 2.24) is 15.6 Å². The number of benzene rings is 2. The van der Waals surface area contributed by atoms with Crippen molar-refractivity contribution in [3.8, 4) is 11.3 Å². The zero-order valence-corrected chi connectivity index (χ0v) is 17.2. The molecule has 3 N–H and O–H groups in total. The van der Waals surface area contributed by atoms with Gasteiger partial charge in [0.2, 0.25) is 11.8 Å². The molecule has 32 heavy (non-hydrogen) atoms. The standard InChI is InChI=1S/C24H22F3N3O2/c25-15-3-1-13(2-4-15)22-21(17-9-16(26)10-18(27)23(17)30-22)14-7-12(8-14)11-28-24(32)19-5-6-20(31)29-19/h1-4,9-10,12,14,19,30H,5-8,11H2,(H,28,32)(H,29,31)/t12-,14-,19-/m1/s1. The van der Waals surface area contributed by atoms with Gasteiger partial charge >= 0.3 is 0 Å². The number of carbonyl (C=O) groups is 2. The molecule has 5 rings (SSSR count). The van der Waals surface area contributed by atoms with Crippen molar-refractivity contribution in [3.63, 3.8) is 0 Å². The van der Waals surface area contributed by atoms with Crippen molar-refractivity contribution >= 4 is 22.7 Å². The van der Waals surface area contributed by atoms with Crippen LogP contribution in [0.1, 0.15) is 37.2 Å². The molecule has 0 unspecified atom stereocenters. The molecule has 2 aromatic carbocycles. The Labute approximate surface area is 182 Å². The van der Waals surface area contributed by atoms with Crippen molar-refractivity contribution < 1.29 is 22.8 Å². The topological polar surface area (TPSA) is 74.0 Å². The molecule has 1 aromatic heterocycles. The highest BCUT2D eigenvalue weighted by Crippen LogP contribution is 2.48. The molecule has 0 bridgehead atoms. The minimum Gasteiger partial charge on any atom is -0.354 e. The van der Waals surface area contributed by atoms with Crippen LogP contribution in [0.25, 0.3) is 22.2 Å². The van der Waals surface area contributed by atoms with Crippen molar-refractivity contribution in [2.75, 3.05) is 6.54 Å². The van der Waals surface area contributed by atoms with Gasteiger partial charge in [-0.3, -0.25) is 9.59 Å². The fraction of sp³-hybridized carbons (Fsp3) is 0.333. The highest BCUT2D eigenvalue weighted by Gasteiger charge is 2.35. The fourth-order valence-electron chi connectivity index (χ4n) is 4.83. The molecular formula is C24H22F3N3O2. The Kier molecular flexibility index (Phi) is 5.15. The number of carbonyl (C=O) groups excluding carboxylic acids is 2. The van der Waals surface area contributed by atoms with Gasteiger partial charge in [0.05, 0.1) is 11.2 Å². The van der Waals surface area contributed by atoms with Gasteiger partial charge < -0.3 is 15.6 Å². The number of H-pyrrole nitrogens is 1. The minimum absolute atomic E-state index is 0.0538. The number of rotatable bonds is 5. The Morgan fingerprint density at radius 1 is 1.06 bits per heavy atom. The van der Waals surface area contributed by atoms with Crippen LogP contribution in [0.5, 0.6) is 0 Å². The van der Waals surface area contributed by atoms with Gasteiger partial charge in [-0.25, -0.2) is 13.2 Å². The van der Waals surface area contributed by atoms with E-state index in [1.54, 1.807) is 12.1 Å². The van der Waals surface area contributed by atoms with Crippen LogP contribution in [-0.4, -0.2) is 29.4 Å². The van der Waals surface area contributed by atoms with Crippen LogP contribution in [0.15, 0.2) is 36.4 Å². The van der Waals surface area contributed by atoms with Crippen LogP contribution in [0.3, 0.4) is 0 Å². The molecule has 8 heteroatoms. The van der Waals surface area contributed by atoms with Gasteiger partial charge in [-0.1, -0.05) is 0 Å². The number of nitrogens with one attached hydrogen (secondary N) is 3. The lowest BCUT2D eigenvalue weighted by Crippen LogP contribution is -2.44. The summed E-state index contributed by atoms with van der Waals surface area (Å²) in [5, 5.41) is 6.04. The van der Waals surface area contributed by atoms with Gasteiger partial charge in [-0.05, 0) is 72.6 Å². The van der Waals surface area contributed by atoms with Crippen LogP contribution in [0.2, 0.25) is 0 Å². The molecule has 2 aliphatic rings. The summed E-state index contributed by atoms with van der Waals surface area (Å²) in [6.07, 6.45) is 2.36. The minimum atomic E-state index is -0.670. The van der Waals surface area contributed by atoms with Gasteiger partial charge in [0.25, 0.3) is 0 Å². The Hall–Kier alpha value is -3.29. The molecular weight excluding hydrogens is 419 g/mol. The SMILES string of the molecule is O=C1CC[C@H](C(=O)NC[C@H]2C[C@H](c3c(-c4ccc(F)cc4)[nH]c4c(F)cc(F)cc43)C2)N1. The third kappa shape index (κ3) is 3.74. The van der Waals surface area contributed by atoms with Gasteiger partial charge in [-0.15, -0.1) is 0 Å². The van der Waals surface area contributed by atoms with Crippen molar-refractivity contribution in [2.24, 2.45) is 5.92 Å². The van der Waals surface area contributed by atoms with Crippen molar-refractivity contribution in [2.45, 2.75) is 37.6 Å². The van der Waals surface area contributed by atoms with E-state index < -0.39 is 17.7 Å². The predicted molar refractivity (Wildman–Crippen MR) is 113 cm³/mol. The summed E-state index contributed by atoms with van der Waals surface area (Å²) < 4.78 is 41.9. The van der Waals surface area contributed by atoms with E-state index >= 15 is 0 Å². The predicted octanol–water partition coefficient (Wildman–Crippen LogP) is 4.14. The Morgan fingerprint density at radius 3 is 2.50 bits per heavy atom. The summed E-state index contributed by atoms with van der Waals surface area (Å²) in [7, 11) is 0. The number of aromatic nitrogens is 1. The van der Waals surface area contributed by atoms with E-state index in [1.165, 1.54) is 18.2 Å². The number of hydrogen-bond donors (Lipinski definition) is 3. The van der Waals surface area contributed by atoms with E-state index in [1.807, 2.05) is 0 Å². The first-order valence-electron chi connectivity index (χ1n) is 10.7. The Bertz CT molecular complexity index is 1200. The number of amides is 2. The molecule has 1 atom stereocenters. The highest BCUT2D eigenvalue weighted by atomic mass is 19.1. The molecule has 3 aromatic rings. The zero-order chi connectivity index (χ0) is 22.4. The summed E-state index contributed by atoms with van der Waals surface area (Å²) in [6, 6.07) is 7.61. The molecule has 2 fully saturated rings. The lowest BCUT2D eigenvalue weighted by Gasteiger charge is -2.36. The van der Waals surface area contributed by atoms with E-state index in [9.17, 15) is 22.8 Å². The highest BCUT2D eigenvalue weighted by molar-refractivity contribution is 5.92. The number of aromatic amines is 1. The first kappa shape index (κ1) is 20.6. The Balaban J connectivity index is 1.36. The summed E-state index contributed by atoms with van der Waals surface area (Å²) >= 11 is 0. The summed E-state index contributed by atoms with van der Waals surface area (Å²) in [5.74, 6) is -1.70. The Morgan fingerprint density at radius 2 is 1.81 bits per heavy atom. The first-order valence-corrected chi connectivity index (χ1v) is 10.7. The molecule has 0 spiro atoms. The third-order valence-electron chi connectivity index (χ3n) is 6.52. The molecule has 166 valence electrons. The first-order chi connectivity index (χ1) is 15.4. The maximum absolute atomic E-state index is 14.5. The van der Waals surface area contributed by atoms with Gasteiger partial charge in [0.1, 0.15) is 23.5 Å². The maximum Gasteiger partial charge on any atom is 0.242 e. The van der Waals surface area contributed by atoms with Crippen LogP contribution in [-0.2, 0) is 9.59 Å². The van der Waals surface area contributed by atoms with Crippen molar-refractivity contribution in [3.05, 3.63) is 59.4 Å². The normalized spacial score (nSPS) is 22.6. The van der Waals surface area contributed by atoms with Crippen LogP contribution in [0.4, 0.5) is 13.2 Å². The second kappa shape index (κ2) is 8.00. The van der Waals surface area contributed by atoms with Gasteiger partial charge in [-0.2, -0.15) is 0 Å².